The van der Waals surface area contributed by atoms with Crippen molar-refractivity contribution >= 4 is 5.91 Å². The Morgan fingerprint density at radius 3 is 2.52 bits per heavy atom. The number of nitrogens with zero attached hydrogens (tertiary/aromatic N) is 1. The van der Waals surface area contributed by atoms with Gasteiger partial charge in [0.15, 0.2) is 0 Å². The number of hydrogen-bond donors (Lipinski definition) is 0. The molecule has 0 saturated heterocycles. The first-order valence-corrected chi connectivity index (χ1v) is 8.96. The van der Waals surface area contributed by atoms with Gasteiger partial charge in [-0.15, -0.1) is 0 Å². The van der Waals surface area contributed by atoms with E-state index >= 15 is 0 Å². The summed E-state index contributed by atoms with van der Waals surface area (Å²) >= 11 is 0. The van der Waals surface area contributed by atoms with Gasteiger partial charge >= 0.3 is 0 Å². The number of methoxy groups -OCH3 is 1. The molecule has 1 atom stereocenters. The smallest absolute Gasteiger partial charge is 0.257 e. The molecule has 3 nitrogen and oxygen atoms in total. The molecule has 1 aliphatic heterocycles. The Balaban J connectivity index is 1.81. The number of carbonyl (C=O) groups excluding carboxylic acids is 1. The highest BCUT2D eigenvalue weighted by molar-refractivity contribution is 5.95. The van der Waals surface area contributed by atoms with Crippen LogP contribution in [0.15, 0.2) is 72.8 Å². The van der Waals surface area contributed by atoms with Crippen LogP contribution in [0, 0.1) is 5.82 Å². The molecule has 0 aromatic heterocycles. The van der Waals surface area contributed by atoms with Gasteiger partial charge in [-0.1, -0.05) is 48.5 Å². The lowest BCUT2D eigenvalue weighted by atomic mass is 9.87. The summed E-state index contributed by atoms with van der Waals surface area (Å²) in [6.07, 6.45) is 0.704. The van der Waals surface area contributed by atoms with Gasteiger partial charge in [-0.3, -0.25) is 4.79 Å². The number of amides is 1. The summed E-state index contributed by atoms with van der Waals surface area (Å²) in [6.45, 7) is 0.521. The van der Waals surface area contributed by atoms with Crippen LogP contribution in [0.5, 0.6) is 5.75 Å². The average Bonchev–Trinajstić information content (AvgIpc) is 2.73. The van der Waals surface area contributed by atoms with Crippen LogP contribution in [0.2, 0.25) is 0 Å². The van der Waals surface area contributed by atoms with Crippen LogP contribution in [0.3, 0.4) is 0 Å². The molecule has 1 amide bonds. The van der Waals surface area contributed by atoms with Crippen molar-refractivity contribution in [3.63, 3.8) is 0 Å². The molecule has 4 rings (SSSR count). The molecular weight excluding hydrogens is 341 g/mol. The minimum absolute atomic E-state index is 0.107. The van der Waals surface area contributed by atoms with Gasteiger partial charge in [0.05, 0.1) is 18.7 Å². The third kappa shape index (κ3) is 3.19. The normalized spacial score (nSPS) is 15.9. The van der Waals surface area contributed by atoms with E-state index in [1.54, 1.807) is 30.2 Å². The lowest BCUT2D eigenvalue weighted by molar-refractivity contribution is 0.0689. The zero-order valence-corrected chi connectivity index (χ0v) is 15.1. The number of halogens is 1. The Hall–Kier alpha value is -3.14. The summed E-state index contributed by atoms with van der Waals surface area (Å²) in [6, 6.07) is 21.7. The van der Waals surface area contributed by atoms with Crippen LogP contribution < -0.4 is 4.74 Å². The molecule has 4 heteroatoms. The van der Waals surface area contributed by atoms with E-state index in [0.717, 1.165) is 22.4 Å². The lowest BCUT2D eigenvalue weighted by Gasteiger charge is -2.38. The fraction of sp³-hybridized carbons (Fsp3) is 0.174. The van der Waals surface area contributed by atoms with Gasteiger partial charge in [-0.25, -0.2) is 4.39 Å². The van der Waals surface area contributed by atoms with Gasteiger partial charge in [0.1, 0.15) is 11.6 Å². The molecule has 1 unspecified atom stereocenters. The first-order valence-electron chi connectivity index (χ1n) is 8.96. The van der Waals surface area contributed by atoms with Crippen molar-refractivity contribution in [1.29, 1.82) is 0 Å². The van der Waals surface area contributed by atoms with Crippen LogP contribution >= 0.6 is 0 Å². The topological polar surface area (TPSA) is 29.5 Å². The van der Waals surface area contributed by atoms with Gasteiger partial charge in [0.2, 0.25) is 0 Å². The third-order valence-electron chi connectivity index (χ3n) is 5.06. The number of benzene rings is 3. The number of hydrogen-bond acceptors (Lipinski definition) is 2. The first-order chi connectivity index (χ1) is 13.2. The Bertz CT molecular complexity index is 971. The van der Waals surface area contributed by atoms with Gasteiger partial charge in [-0.05, 0) is 47.4 Å². The zero-order valence-electron chi connectivity index (χ0n) is 15.1. The van der Waals surface area contributed by atoms with Crippen LogP contribution in [-0.4, -0.2) is 24.5 Å². The van der Waals surface area contributed by atoms with Gasteiger partial charge in [-0.2, -0.15) is 0 Å². The van der Waals surface area contributed by atoms with Crippen molar-refractivity contribution in [3.8, 4) is 5.75 Å². The largest absolute Gasteiger partial charge is 0.497 e. The van der Waals surface area contributed by atoms with Crippen LogP contribution in [-0.2, 0) is 6.42 Å². The first kappa shape index (κ1) is 17.3. The maximum absolute atomic E-state index is 14.3. The molecule has 1 aliphatic rings. The molecule has 3 aromatic carbocycles. The van der Waals surface area contributed by atoms with Crippen LogP contribution in [0.1, 0.15) is 33.1 Å². The molecule has 27 heavy (non-hydrogen) atoms. The highest BCUT2D eigenvalue weighted by Crippen LogP contribution is 2.37. The highest BCUT2D eigenvalue weighted by Gasteiger charge is 2.33. The summed E-state index contributed by atoms with van der Waals surface area (Å²) in [4.78, 5) is 15.0. The highest BCUT2D eigenvalue weighted by atomic mass is 19.1. The van der Waals surface area contributed by atoms with E-state index in [1.807, 2.05) is 48.5 Å². The predicted octanol–water partition coefficient (Wildman–Crippen LogP) is 4.62. The maximum atomic E-state index is 14.3. The molecule has 3 aromatic rings. The maximum Gasteiger partial charge on any atom is 0.257 e. The fourth-order valence-corrected chi connectivity index (χ4v) is 3.73. The minimum Gasteiger partial charge on any atom is -0.497 e. The van der Waals surface area contributed by atoms with E-state index in [4.69, 9.17) is 4.74 Å². The molecule has 0 radical (unpaired) electrons. The van der Waals surface area contributed by atoms with E-state index < -0.39 is 5.82 Å². The number of fused-ring (bicyclic) bond motifs is 1. The Morgan fingerprint density at radius 1 is 1.04 bits per heavy atom. The van der Waals surface area contributed by atoms with Gasteiger partial charge < -0.3 is 9.64 Å². The summed E-state index contributed by atoms with van der Waals surface area (Å²) in [5.41, 5.74) is 3.32. The Kier molecular flexibility index (Phi) is 4.63. The monoisotopic (exact) mass is 361 g/mol. The van der Waals surface area contributed by atoms with Crippen molar-refractivity contribution in [3.05, 3.63) is 101 Å². The van der Waals surface area contributed by atoms with Gasteiger partial charge in [0.25, 0.3) is 5.91 Å². The summed E-state index contributed by atoms with van der Waals surface area (Å²) in [5, 5.41) is 0. The fourth-order valence-electron chi connectivity index (χ4n) is 3.73. The van der Waals surface area contributed by atoms with E-state index in [1.165, 1.54) is 6.07 Å². The van der Waals surface area contributed by atoms with E-state index in [9.17, 15) is 9.18 Å². The second-order valence-corrected chi connectivity index (χ2v) is 6.61. The summed E-state index contributed by atoms with van der Waals surface area (Å²) in [5.74, 6) is 0.0210. The van der Waals surface area contributed by atoms with E-state index in [-0.39, 0.29) is 17.5 Å². The number of ether oxygens (including phenoxy) is 1. The standard InChI is InChI=1S/C23H20FNO2/c1-27-18-11-12-19-17(15-18)13-14-25(22(19)16-7-3-2-4-8-16)23(26)20-9-5-6-10-21(20)24/h2-12,15,22H,13-14H2,1H3. The van der Waals surface area contributed by atoms with Crippen molar-refractivity contribution in [1.82, 2.24) is 4.90 Å². The SMILES string of the molecule is COc1ccc2c(c1)CCN(C(=O)c1ccccc1F)C2c1ccccc1. The molecule has 0 aliphatic carbocycles. The van der Waals surface area contributed by atoms with E-state index in [0.29, 0.717) is 13.0 Å². The minimum atomic E-state index is -0.491. The Morgan fingerprint density at radius 2 is 1.78 bits per heavy atom. The molecule has 0 bridgehead atoms. The number of carbonyl (C=O) groups is 1. The molecule has 0 N–H and O–H groups in total. The number of rotatable bonds is 3. The predicted molar refractivity (Wildman–Crippen MR) is 102 cm³/mol. The quantitative estimate of drug-likeness (QED) is 0.681. The van der Waals surface area contributed by atoms with Crippen molar-refractivity contribution in [2.24, 2.45) is 0 Å². The zero-order chi connectivity index (χ0) is 18.8. The van der Waals surface area contributed by atoms with Crippen molar-refractivity contribution in [2.45, 2.75) is 12.5 Å². The third-order valence-corrected chi connectivity index (χ3v) is 5.06. The summed E-state index contributed by atoms with van der Waals surface area (Å²) < 4.78 is 19.6. The second kappa shape index (κ2) is 7.23. The van der Waals surface area contributed by atoms with Crippen molar-refractivity contribution in [2.75, 3.05) is 13.7 Å². The second-order valence-electron chi connectivity index (χ2n) is 6.61. The van der Waals surface area contributed by atoms with Crippen molar-refractivity contribution < 1.29 is 13.9 Å². The van der Waals surface area contributed by atoms with Gasteiger partial charge in [0, 0.05) is 6.54 Å². The molecule has 0 fully saturated rings. The average molecular weight is 361 g/mol. The molecular formula is C23H20FNO2. The lowest BCUT2D eigenvalue weighted by Crippen LogP contribution is -2.41. The summed E-state index contributed by atoms with van der Waals surface area (Å²) in [7, 11) is 1.65. The Labute approximate surface area is 158 Å². The molecule has 136 valence electrons. The van der Waals surface area contributed by atoms with Crippen LogP contribution in [0.25, 0.3) is 0 Å². The molecule has 0 spiro atoms. The van der Waals surface area contributed by atoms with E-state index in [2.05, 4.69) is 0 Å². The van der Waals surface area contributed by atoms with Crippen LogP contribution in [0.4, 0.5) is 4.39 Å². The molecule has 1 heterocycles. The molecule has 0 saturated carbocycles.